The van der Waals surface area contributed by atoms with Crippen molar-refractivity contribution < 1.29 is 4.74 Å². The van der Waals surface area contributed by atoms with Gasteiger partial charge < -0.3 is 4.74 Å². The molecule has 0 amide bonds. The number of pyridine rings is 1. The molecular formula is C10H6Cl2INO. The summed E-state index contributed by atoms with van der Waals surface area (Å²) in [6.07, 6.45) is 1.70. The first-order chi connectivity index (χ1) is 7.24. The molecule has 1 heterocycles. The molecule has 0 atom stereocenters. The Morgan fingerprint density at radius 3 is 3.00 bits per heavy atom. The molecule has 2 rings (SSSR count). The largest absolute Gasteiger partial charge is 0.475 e. The maximum atomic E-state index is 6.10. The number of ether oxygens (including phenoxy) is 1. The number of rotatable bonds is 2. The summed E-state index contributed by atoms with van der Waals surface area (Å²) in [4.78, 5) is 4.25. The van der Waals surface area contributed by atoms with Gasteiger partial charge in [-0.2, -0.15) is 0 Å². The second kappa shape index (κ2) is 4.72. The highest BCUT2D eigenvalue weighted by Crippen LogP contribution is 2.34. The van der Waals surface area contributed by atoms with Crippen molar-refractivity contribution in [2.24, 2.45) is 0 Å². The Morgan fingerprint density at radius 2 is 2.27 bits per heavy atom. The fourth-order valence-corrected chi connectivity index (χ4v) is 2.62. The van der Waals surface area contributed by atoms with Crippen LogP contribution < -0.4 is 4.74 Å². The lowest BCUT2D eigenvalue weighted by Gasteiger charge is -2.09. The van der Waals surface area contributed by atoms with Gasteiger partial charge in [-0.1, -0.05) is 23.2 Å². The molecule has 0 bridgehead atoms. The van der Waals surface area contributed by atoms with Crippen molar-refractivity contribution in [1.29, 1.82) is 0 Å². The molecule has 0 saturated carbocycles. The van der Waals surface area contributed by atoms with Crippen LogP contribution in [0.2, 0.25) is 5.02 Å². The van der Waals surface area contributed by atoms with E-state index in [4.69, 9.17) is 27.9 Å². The fraction of sp³-hybridized carbons (Fsp3) is 0.100. The maximum Gasteiger partial charge on any atom is 0.162 e. The minimum absolute atomic E-state index is 0.101. The average Bonchev–Trinajstić information content (AvgIpc) is 2.24. The Kier molecular flexibility index (Phi) is 3.53. The molecule has 0 fully saturated rings. The van der Waals surface area contributed by atoms with E-state index in [2.05, 4.69) is 27.6 Å². The van der Waals surface area contributed by atoms with Gasteiger partial charge in [0.1, 0.15) is 5.52 Å². The van der Waals surface area contributed by atoms with E-state index in [0.717, 1.165) is 14.5 Å². The highest BCUT2D eigenvalue weighted by Gasteiger charge is 2.11. The number of hydrogen-bond donors (Lipinski definition) is 0. The smallest absolute Gasteiger partial charge is 0.162 e. The number of benzene rings is 1. The van der Waals surface area contributed by atoms with Gasteiger partial charge >= 0.3 is 0 Å². The van der Waals surface area contributed by atoms with Gasteiger partial charge in [0.2, 0.25) is 0 Å². The van der Waals surface area contributed by atoms with E-state index < -0.39 is 0 Å². The Balaban J connectivity index is 2.77. The summed E-state index contributed by atoms with van der Waals surface area (Å²) in [5.41, 5.74) is 0.745. The summed E-state index contributed by atoms with van der Waals surface area (Å²) >= 11 is 13.8. The van der Waals surface area contributed by atoms with Crippen LogP contribution >= 0.6 is 45.8 Å². The molecule has 78 valence electrons. The van der Waals surface area contributed by atoms with Crippen LogP contribution in [0.15, 0.2) is 24.4 Å². The molecule has 0 aliphatic heterocycles. The van der Waals surface area contributed by atoms with Crippen LogP contribution in [0.4, 0.5) is 0 Å². The molecule has 0 saturated heterocycles. The number of nitrogens with zero attached hydrogens (tertiary/aromatic N) is 1. The van der Waals surface area contributed by atoms with E-state index in [1.54, 1.807) is 6.20 Å². The standard InChI is InChI=1S/C10H6Cl2INO/c11-5-15-10-8(13)4-7(12)6-2-1-3-14-9(6)10/h1-4H,5H2. The lowest BCUT2D eigenvalue weighted by atomic mass is 10.2. The van der Waals surface area contributed by atoms with Crippen LogP contribution in [0.5, 0.6) is 5.75 Å². The predicted molar refractivity (Wildman–Crippen MR) is 70.8 cm³/mol. The summed E-state index contributed by atoms with van der Waals surface area (Å²) in [5.74, 6) is 0.686. The number of halogens is 3. The van der Waals surface area contributed by atoms with Crippen molar-refractivity contribution in [2.75, 3.05) is 6.07 Å². The van der Waals surface area contributed by atoms with Gasteiger partial charge in [-0.3, -0.25) is 4.98 Å². The van der Waals surface area contributed by atoms with Gasteiger partial charge in [-0.05, 0) is 40.8 Å². The fourth-order valence-electron chi connectivity index (χ4n) is 1.34. The SMILES string of the molecule is ClCOc1c(I)cc(Cl)c2cccnc12. The summed E-state index contributed by atoms with van der Waals surface area (Å²) in [6, 6.07) is 5.69. The number of alkyl halides is 1. The van der Waals surface area contributed by atoms with Gasteiger partial charge in [0.25, 0.3) is 0 Å². The number of fused-ring (bicyclic) bond motifs is 1. The lowest BCUT2D eigenvalue weighted by Crippen LogP contribution is -1.95. The quantitative estimate of drug-likeness (QED) is 0.599. The minimum Gasteiger partial charge on any atom is -0.475 e. The van der Waals surface area contributed by atoms with E-state index in [0.29, 0.717) is 10.8 Å². The molecule has 0 radical (unpaired) electrons. The van der Waals surface area contributed by atoms with Crippen molar-refractivity contribution in [3.63, 3.8) is 0 Å². The third kappa shape index (κ3) is 2.14. The summed E-state index contributed by atoms with van der Waals surface area (Å²) in [6.45, 7) is 0. The molecule has 2 aromatic rings. The third-order valence-corrected chi connectivity index (χ3v) is 3.17. The van der Waals surface area contributed by atoms with E-state index in [1.165, 1.54) is 0 Å². The molecular weight excluding hydrogens is 348 g/mol. The predicted octanol–water partition coefficient (Wildman–Crippen LogP) is 4.07. The Hall–Kier alpha value is -0.260. The van der Waals surface area contributed by atoms with Crippen molar-refractivity contribution in [1.82, 2.24) is 4.98 Å². The van der Waals surface area contributed by atoms with Crippen LogP contribution in [-0.2, 0) is 0 Å². The highest BCUT2D eigenvalue weighted by molar-refractivity contribution is 14.1. The zero-order valence-corrected chi connectivity index (χ0v) is 11.2. The molecule has 0 aliphatic carbocycles. The van der Waals surface area contributed by atoms with E-state index in [1.807, 2.05) is 18.2 Å². The van der Waals surface area contributed by atoms with Crippen LogP contribution in [0.1, 0.15) is 0 Å². The van der Waals surface area contributed by atoms with Crippen molar-refractivity contribution in [3.8, 4) is 5.75 Å². The van der Waals surface area contributed by atoms with Crippen molar-refractivity contribution >= 4 is 56.7 Å². The minimum atomic E-state index is 0.101. The Labute approximate surface area is 111 Å². The molecule has 0 N–H and O–H groups in total. The van der Waals surface area contributed by atoms with Gasteiger partial charge in [-0.25, -0.2) is 0 Å². The van der Waals surface area contributed by atoms with Crippen LogP contribution in [0.25, 0.3) is 10.9 Å². The monoisotopic (exact) mass is 353 g/mol. The molecule has 0 aliphatic rings. The molecule has 0 unspecified atom stereocenters. The van der Waals surface area contributed by atoms with Crippen molar-refractivity contribution in [2.45, 2.75) is 0 Å². The van der Waals surface area contributed by atoms with Crippen LogP contribution in [-0.4, -0.2) is 11.1 Å². The van der Waals surface area contributed by atoms with Gasteiger partial charge in [0, 0.05) is 11.6 Å². The third-order valence-electron chi connectivity index (χ3n) is 1.95. The van der Waals surface area contributed by atoms with E-state index in [-0.39, 0.29) is 6.07 Å². The molecule has 1 aromatic carbocycles. The summed E-state index contributed by atoms with van der Waals surface area (Å²) < 4.78 is 6.25. The zero-order valence-electron chi connectivity index (χ0n) is 7.51. The van der Waals surface area contributed by atoms with Gasteiger partial charge in [-0.15, -0.1) is 0 Å². The number of aromatic nitrogens is 1. The maximum absolute atomic E-state index is 6.10. The van der Waals surface area contributed by atoms with E-state index >= 15 is 0 Å². The van der Waals surface area contributed by atoms with Gasteiger partial charge in [0.05, 0.1) is 8.59 Å². The number of hydrogen-bond acceptors (Lipinski definition) is 2. The molecule has 1 aromatic heterocycles. The highest BCUT2D eigenvalue weighted by atomic mass is 127. The van der Waals surface area contributed by atoms with Crippen LogP contribution in [0.3, 0.4) is 0 Å². The van der Waals surface area contributed by atoms with Crippen molar-refractivity contribution in [3.05, 3.63) is 33.0 Å². The first-order valence-electron chi connectivity index (χ1n) is 4.15. The molecule has 0 spiro atoms. The molecule has 15 heavy (non-hydrogen) atoms. The second-order valence-electron chi connectivity index (χ2n) is 2.82. The molecule has 5 heteroatoms. The summed E-state index contributed by atoms with van der Waals surface area (Å²) in [5, 5.41) is 1.55. The van der Waals surface area contributed by atoms with Gasteiger partial charge in [0.15, 0.2) is 11.8 Å². The van der Waals surface area contributed by atoms with Crippen LogP contribution in [0, 0.1) is 3.57 Å². The average molecular weight is 354 g/mol. The Morgan fingerprint density at radius 1 is 1.47 bits per heavy atom. The summed E-state index contributed by atoms with van der Waals surface area (Å²) in [7, 11) is 0. The first kappa shape index (κ1) is 11.2. The second-order valence-corrected chi connectivity index (χ2v) is 4.61. The zero-order chi connectivity index (χ0) is 10.8. The Bertz CT molecular complexity index is 504. The normalized spacial score (nSPS) is 10.6. The lowest BCUT2D eigenvalue weighted by molar-refractivity contribution is 0.389. The van der Waals surface area contributed by atoms with E-state index in [9.17, 15) is 0 Å². The topological polar surface area (TPSA) is 22.1 Å². The first-order valence-corrected chi connectivity index (χ1v) is 6.14. The molecule has 2 nitrogen and oxygen atoms in total.